The Morgan fingerprint density at radius 3 is 2.38 bits per heavy atom. The predicted octanol–water partition coefficient (Wildman–Crippen LogP) is 6.76. The molecule has 4 aliphatic rings. The molecule has 0 radical (unpaired) electrons. The van der Waals surface area contributed by atoms with Gasteiger partial charge in [-0.15, -0.1) is 0 Å². The molecule has 180 valence electrons. The van der Waals surface area contributed by atoms with Crippen LogP contribution in [-0.4, -0.2) is 31.5 Å². The maximum absolute atomic E-state index is 13.8. The highest BCUT2D eigenvalue weighted by Crippen LogP contribution is 2.54. The van der Waals surface area contributed by atoms with Crippen LogP contribution < -0.4 is 15.0 Å². The first-order valence-corrected chi connectivity index (χ1v) is 13.4. The smallest absolute Gasteiger partial charge is 0.257 e. The van der Waals surface area contributed by atoms with E-state index >= 15 is 0 Å². The van der Waals surface area contributed by atoms with Gasteiger partial charge in [0.1, 0.15) is 5.75 Å². The zero-order valence-electron chi connectivity index (χ0n) is 19.1. The van der Waals surface area contributed by atoms with Crippen molar-refractivity contribution >= 4 is 39.9 Å². The van der Waals surface area contributed by atoms with Gasteiger partial charge in [0, 0.05) is 46.2 Å². The van der Waals surface area contributed by atoms with E-state index in [-0.39, 0.29) is 24.2 Å². The number of carbonyl (C=O) groups is 1. The highest BCUT2D eigenvalue weighted by molar-refractivity contribution is 14.1. The van der Waals surface area contributed by atoms with E-state index in [0.29, 0.717) is 36.1 Å². The van der Waals surface area contributed by atoms with Crippen molar-refractivity contribution < 1.29 is 18.3 Å². The largest absolute Gasteiger partial charge is 0.492 e. The molecular formula is C27H29F2IN2O2. The maximum Gasteiger partial charge on any atom is 0.257 e. The Kier molecular flexibility index (Phi) is 5.35. The van der Waals surface area contributed by atoms with Crippen LogP contribution in [0.25, 0.3) is 0 Å². The van der Waals surface area contributed by atoms with Crippen molar-refractivity contribution in [3.63, 3.8) is 0 Å². The molecule has 0 aromatic heterocycles. The second-order valence-electron chi connectivity index (χ2n) is 10.7. The van der Waals surface area contributed by atoms with E-state index < -0.39 is 5.92 Å². The second-order valence-corrected chi connectivity index (χ2v) is 12.0. The zero-order valence-corrected chi connectivity index (χ0v) is 21.3. The van der Waals surface area contributed by atoms with E-state index in [1.807, 2.05) is 30.3 Å². The fraction of sp³-hybridized carbons (Fsp3) is 0.519. The molecule has 6 rings (SSSR count). The second kappa shape index (κ2) is 8.07. The summed E-state index contributed by atoms with van der Waals surface area (Å²) in [7, 11) is 0. The summed E-state index contributed by atoms with van der Waals surface area (Å²) in [5.41, 5.74) is 3.51. The van der Waals surface area contributed by atoms with Gasteiger partial charge in [-0.1, -0.05) is 0 Å². The number of ether oxygens (including phenoxy) is 1. The summed E-state index contributed by atoms with van der Waals surface area (Å²) >= 11 is 2.30. The summed E-state index contributed by atoms with van der Waals surface area (Å²) in [4.78, 5) is 15.8. The molecule has 2 aromatic carbocycles. The van der Waals surface area contributed by atoms with Crippen molar-refractivity contribution in [2.45, 2.75) is 62.7 Å². The monoisotopic (exact) mass is 578 g/mol. The van der Waals surface area contributed by atoms with Gasteiger partial charge in [0.15, 0.2) is 0 Å². The van der Waals surface area contributed by atoms with Crippen molar-refractivity contribution in [2.24, 2.45) is 5.41 Å². The van der Waals surface area contributed by atoms with Gasteiger partial charge < -0.3 is 15.0 Å². The average Bonchev–Trinajstić information content (AvgIpc) is 3.48. The number of halogens is 3. The Balaban J connectivity index is 1.23. The summed E-state index contributed by atoms with van der Waals surface area (Å²) in [5, 5.41) is 3.08. The number of nitrogens with one attached hydrogen (secondary N) is 1. The molecule has 1 amide bonds. The van der Waals surface area contributed by atoms with Gasteiger partial charge in [-0.3, -0.25) is 4.79 Å². The van der Waals surface area contributed by atoms with Gasteiger partial charge in [0.25, 0.3) is 5.91 Å². The summed E-state index contributed by atoms with van der Waals surface area (Å²) in [6.07, 6.45) is 5.68. The van der Waals surface area contributed by atoms with Gasteiger partial charge in [-0.2, -0.15) is 0 Å². The summed E-state index contributed by atoms with van der Waals surface area (Å²) < 4.78 is 34.6. The fourth-order valence-electron chi connectivity index (χ4n) is 6.01. The molecule has 2 heterocycles. The lowest BCUT2D eigenvalue weighted by molar-refractivity contribution is -0.0538. The van der Waals surface area contributed by atoms with Crippen molar-refractivity contribution in [1.29, 1.82) is 0 Å². The van der Waals surface area contributed by atoms with Crippen molar-refractivity contribution in [3.8, 4) is 5.75 Å². The van der Waals surface area contributed by atoms with E-state index in [1.54, 1.807) is 0 Å². The Labute approximate surface area is 212 Å². The highest BCUT2D eigenvalue weighted by Gasteiger charge is 2.49. The number of hydrogen-bond acceptors (Lipinski definition) is 3. The van der Waals surface area contributed by atoms with E-state index in [9.17, 15) is 13.6 Å². The molecule has 7 heteroatoms. The minimum atomic E-state index is -2.59. The number of piperidine rings is 1. The first kappa shape index (κ1) is 22.6. The summed E-state index contributed by atoms with van der Waals surface area (Å²) in [6, 6.07) is 11.6. The lowest BCUT2D eigenvalue weighted by Crippen LogP contribution is -2.37. The molecule has 34 heavy (non-hydrogen) atoms. The zero-order chi connectivity index (χ0) is 23.6. The van der Waals surface area contributed by atoms with Crippen LogP contribution in [0.5, 0.6) is 5.75 Å². The van der Waals surface area contributed by atoms with Crippen LogP contribution in [0, 0.1) is 8.99 Å². The first-order chi connectivity index (χ1) is 16.3. The fourth-order valence-corrected chi connectivity index (χ4v) is 6.48. The number of nitrogens with zero attached hydrogens (tertiary/aromatic N) is 1. The quantitative estimate of drug-likeness (QED) is 0.410. The molecule has 1 saturated heterocycles. The number of hydrogen-bond donors (Lipinski definition) is 1. The van der Waals surface area contributed by atoms with Crippen LogP contribution in [0.15, 0.2) is 36.4 Å². The van der Waals surface area contributed by atoms with Gasteiger partial charge in [0.2, 0.25) is 5.92 Å². The van der Waals surface area contributed by atoms with Crippen molar-refractivity contribution in [3.05, 3.63) is 51.1 Å². The maximum atomic E-state index is 13.8. The number of rotatable bonds is 3. The summed E-state index contributed by atoms with van der Waals surface area (Å²) in [5.74, 6) is -1.98. The molecule has 0 bridgehead atoms. The standard InChI is InChI=1S/C27H29F2IN2O2/c28-27(29)9-7-26(8-10-27)17-34-23-4-2-19(16-21(23)26)31-24(33)20-3-1-18(30)15-22(20)32-13-11-25(5-6-25)12-14-32/h1-4,15-16H,5-14,17H2,(H,31,33). The molecule has 3 fully saturated rings. The molecule has 2 aromatic rings. The van der Waals surface area contributed by atoms with Crippen molar-refractivity contribution in [2.75, 3.05) is 29.9 Å². The third-order valence-corrected chi connectivity index (χ3v) is 9.25. The van der Waals surface area contributed by atoms with Crippen LogP contribution in [0.3, 0.4) is 0 Å². The Hall–Kier alpha value is -1.90. The lowest BCUT2D eigenvalue weighted by Gasteiger charge is -2.36. The Bertz CT molecular complexity index is 1130. The summed E-state index contributed by atoms with van der Waals surface area (Å²) in [6.45, 7) is 2.42. The number of benzene rings is 2. The highest BCUT2D eigenvalue weighted by atomic mass is 127. The number of carbonyl (C=O) groups excluding carboxylic acids is 1. The Morgan fingerprint density at radius 1 is 0.941 bits per heavy atom. The number of alkyl halides is 2. The molecule has 2 aliphatic carbocycles. The molecule has 0 unspecified atom stereocenters. The van der Waals surface area contributed by atoms with Crippen LogP contribution in [0.2, 0.25) is 0 Å². The van der Waals surface area contributed by atoms with E-state index in [1.165, 1.54) is 25.7 Å². The predicted molar refractivity (Wildman–Crippen MR) is 137 cm³/mol. The van der Waals surface area contributed by atoms with Gasteiger partial charge in [-0.05, 0) is 103 Å². The third kappa shape index (κ3) is 4.07. The van der Waals surface area contributed by atoms with Crippen LogP contribution in [0.4, 0.5) is 20.2 Å². The van der Waals surface area contributed by atoms with Gasteiger partial charge in [0.05, 0.1) is 17.9 Å². The Morgan fingerprint density at radius 2 is 1.68 bits per heavy atom. The number of anilines is 2. The van der Waals surface area contributed by atoms with Crippen molar-refractivity contribution in [1.82, 2.24) is 0 Å². The van der Waals surface area contributed by atoms with E-state index in [4.69, 9.17) is 4.74 Å². The van der Waals surface area contributed by atoms with Crippen LogP contribution >= 0.6 is 22.6 Å². The molecule has 4 nitrogen and oxygen atoms in total. The van der Waals surface area contributed by atoms with E-state index in [0.717, 1.165) is 33.7 Å². The first-order valence-electron chi connectivity index (χ1n) is 12.3. The molecule has 1 N–H and O–H groups in total. The topological polar surface area (TPSA) is 41.6 Å². The minimum absolute atomic E-state index is 0.116. The third-order valence-electron chi connectivity index (χ3n) is 8.58. The number of fused-ring (bicyclic) bond motifs is 2. The molecule has 2 aliphatic heterocycles. The molecular weight excluding hydrogens is 549 g/mol. The lowest BCUT2D eigenvalue weighted by atomic mass is 9.70. The number of amides is 1. The van der Waals surface area contributed by atoms with Crippen LogP contribution in [-0.2, 0) is 5.41 Å². The van der Waals surface area contributed by atoms with Gasteiger partial charge in [-0.25, -0.2) is 8.78 Å². The van der Waals surface area contributed by atoms with E-state index in [2.05, 4.69) is 38.9 Å². The van der Waals surface area contributed by atoms with Crippen LogP contribution in [0.1, 0.15) is 67.3 Å². The minimum Gasteiger partial charge on any atom is -0.492 e. The molecule has 2 spiro atoms. The molecule has 2 saturated carbocycles. The van der Waals surface area contributed by atoms with Gasteiger partial charge >= 0.3 is 0 Å². The normalized spacial score (nSPS) is 23.4. The SMILES string of the molecule is O=C(Nc1ccc2c(c1)C1(CCC(F)(F)CC1)CO2)c1ccc(I)cc1N1CCC2(CC1)CC2. The molecule has 0 atom stereocenters. The average molecular weight is 578 g/mol.